The highest BCUT2D eigenvalue weighted by molar-refractivity contribution is 6.31. The number of nitrogens with two attached hydrogens (primary N) is 1. The van der Waals surface area contributed by atoms with Gasteiger partial charge in [0.1, 0.15) is 0 Å². The summed E-state index contributed by atoms with van der Waals surface area (Å²) >= 11 is 6.10. The average Bonchev–Trinajstić information content (AvgIpc) is 2.77. The first kappa shape index (κ1) is 12.0. The Morgan fingerprint density at radius 2 is 2.12 bits per heavy atom. The van der Waals surface area contributed by atoms with Crippen molar-refractivity contribution in [1.29, 1.82) is 0 Å². The largest absolute Gasteiger partial charge is 0.330 e. The molecule has 2 aromatic rings. The monoisotopic (exact) mass is 251 g/mol. The molecule has 1 heterocycles. The molecule has 2 N–H and O–H groups in total. The van der Waals surface area contributed by atoms with Gasteiger partial charge in [0.05, 0.1) is 0 Å². The van der Waals surface area contributed by atoms with Gasteiger partial charge in [0, 0.05) is 18.0 Å². The zero-order valence-electron chi connectivity index (χ0n) is 9.38. The lowest BCUT2D eigenvalue weighted by atomic mass is 10.1. The van der Waals surface area contributed by atoms with Crippen molar-refractivity contribution >= 4 is 11.6 Å². The standard InChI is InChI=1S/C11H14ClN5/c12-10-5-2-1-4-9(10)8-11-14-15-16-17(11)7-3-6-13/h1-2,4-5H,3,6-8,13H2. The maximum Gasteiger partial charge on any atom is 0.155 e. The Kier molecular flexibility index (Phi) is 4.06. The fraction of sp³-hybridized carbons (Fsp3) is 0.364. The van der Waals surface area contributed by atoms with Crippen LogP contribution < -0.4 is 5.73 Å². The highest BCUT2D eigenvalue weighted by Crippen LogP contribution is 2.17. The predicted molar refractivity (Wildman–Crippen MR) is 65.7 cm³/mol. The Balaban J connectivity index is 2.13. The molecule has 1 aromatic carbocycles. The molecule has 0 unspecified atom stereocenters. The summed E-state index contributed by atoms with van der Waals surface area (Å²) in [6.07, 6.45) is 1.50. The molecule has 0 radical (unpaired) electrons. The number of hydrogen-bond acceptors (Lipinski definition) is 4. The third-order valence-corrected chi connectivity index (χ3v) is 2.86. The van der Waals surface area contributed by atoms with Crippen molar-refractivity contribution in [1.82, 2.24) is 20.2 Å². The Morgan fingerprint density at radius 3 is 2.88 bits per heavy atom. The van der Waals surface area contributed by atoms with Crippen molar-refractivity contribution in [3.05, 3.63) is 40.7 Å². The van der Waals surface area contributed by atoms with Gasteiger partial charge in [-0.1, -0.05) is 29.8 Å². The Hall–Kier alpha value is -1.46. The first-order valence-corrected chi connectivity index (χ1v) is 5.87. The minimum atomic E-state index is 0.630. The zero-order chi connectivity index (χ0) is 12.1. The van der Waals surface area contributed by atoms with E-state index in [2.05, 4.69) is 15.5 Å². The molecule has 0 aliphatic heterocycles. The number of nitrogens with zero attached hydrogens (tertiary/aromatic N) is 4. The molecule has 0 spiro atoms. The van der Waals surface area contributed by atoms with Crippen molar-refractivity contribution in [3.8, 4) is 0 Å². The summed E-state index contributed by atoms with van der Waals surface area (Å²) in [7, 11) is 0. The number of aryl methyl sites for hydroxylation is 1. The summed E-state index contributed by atoms with van der Waals surface area (Å²) in [6.45, 7) is 1.37. The van der Waals surface area contributed by atoms with Crippen molar-refractivity contribution < 1.29 is 0 Å². The van der Waals surface area contributed by atoms with Gasteiger partial charge < -0.3 is 5.73 Å². The molecule has 6 heteroatoms. The van der Waals surface area contributed by atoms with Crippen LogP contribution in [0.3, 0.4) is 0 Å². The first-order valence-electron chi connectivity index (χ1n) is 5.50. The summed E-state index contributed by atoms with van der Waals surface area (Å²) in [6, 6.07) is 7.70. The van der Waals surface area contributed by atoms with Crippen LogP contribution in [0.1, 0.15) is 17.8 Å². The molecule has 0 amide bonds. The topological polar surface area (TPSA) is 69.6 Å². The van der Waals surface area contributed by atoms with Crippen LogP contribution in [0.4, 0.5) is 0 Å². The minimum Gasteiger partial charge on any atom is -0.330 e. The number of aromatic nitrogens is 4. The van der Waals surface area contributed by atoms with Crippen LogP contribution in [0.5, 0.6) is 0 Å². The summed E-state index contributed by atoms with van der Waals surface area (Å²) in [5.41, 5.74) is 6.49. The van der Waals surface area contributed by atoms with Crippen molar-refractivity contribution in [2.75, 3.05) is 6.54 Å². The molecule has 0 bridgehead atoms. The molecule has 0 saturated heterocycles. The van der Waals surface area contributed by atoms with E-state index in [1.807, 2.05) is 24.3 Å². The second-order valence-electron chi connectivity index (χ2n) is 3.73. The number of benzene rings is 1. The summed E-state index contributed by atoms with van der Waals surface area (Å²) in [5, 5.41) is 12.4. The highest BCUT2D eigenvalue weighted by atomic mass is 35.5. The second-order valence-corrected chi connectivity index (χ2v) is 4.14. The van der Waals surface area contributed by atoms with Crippen LogP contribution in [0.2, 0.25) is 5.02 Å². The van der Waals surface area contributed by atoms with Crippen LogP contribution in [-0.2, 0) is 13.0 Å². The molecule has 2 rings (SSSR count). The van der Waals surface area contributed by atoms with Gasteiger partial charge in [0.25, 0.3) is 0 Å². The third-order valence-electron chi connectivity index (χ3n) is 2.49. The van der Waals surface area contributed by atoms with E-state index in [0.29, 0.717) is 13.0 Å². The van der Waals surface area contributed by atoms with Crippen molar-refractivity contribution in [2.45, 2.75) is 19.4 Å². The van der Waals surface area contributed by atoms with Crippen LogP contribution in [0, 0.1) is 0 Å². The van der Waals surface area contributed by atoms with Crippen molar-refractivity contribution in [3.63, 3.8) is 0 Å². The molecule has 90 valence electrons. The van der Waals surface area contributed by atoms with Gasteiger partial charge in [-0.15, -0.1) is 5.10 Å². The Labute approximate surface area is 105 Å². The lowest BCUT2D eigenvalue weighted by Crippen LogP contribution is -2.10. The van der Waals surface area contributed by atoms with E-state index in [4.69, 9.17) is 17.3 Å². The lowest BCUT2D eigenvalue weighted by Gasteiger charge is -2.05. The number of halogens is 1. The van der Waals surface area contributed by atoms with Gasteiger partial charge in [-0.2, -0.15) is 0 Å². The van der Waals surface area contributed by atoms with E-state index in [9.17, 15) is 0 Å². The van der Waals surface area contributed by atoms with Gasteiger partial charge in [0.15, 0.2) is 5.82 Å². The maximum atomic E-state index is 6.10. The van der Waals surface area contributed by atoms with Gasteiger partial charge in [-0.3, -0.25) is 0 Å². The number of tetrazole rings is 1. The molecule has 0 aliphatic carbocycles. The highest BCUT2D eigenvalue weighted by Gasteiger charge is 2.08. The lowest BCUT2D eigenvalue weighted by molar-refractivity contribution is 0.547. The van der Waals surface area contributed by atoms with Gasteiger partial charge in [-0.25, -0.2) is 4.68 Å². The number of rotatable bonds is 5. The van der Waals surface area contributed by atoms with E-state index in [0.717, 1.165) is 29.4 Å². The second kappa shape index (κ2) is 5.75. The number of hydrogen-bond donors (Lipinski definition) is 1. The Morgan fingerprint density at radius 1 is 1.29 bits per heavy atom. The van der Waals surface area contributed by atoms with E-state index in [-0.39, 0.29) is 0 Å². The average molecular weight is 252 g/mol. The van der Waals surface area contributed by atoms with E-state index in [1.165, 1.54) is 0 Å². The molecule has 0 fully saturated rings. The Bertz CT molecular complexity index is 482. The van der Waals surface area contributed by atoms with Crippen molar-refractivity contribution in [2.24, 2.45) is 5.73 Å². The first-order chi connectivity index (χ1) is 8.31. The fourth-order valence-corrected chi connectivity index (χ4v) is 1.78. The molecule has 1 aromatic heterocycles. The maximum absolute atomic E-state index is 6.10. The van der Waals surface area contributed by atoms with E-state index < -0.39 is 0 Å². The zero-order valence-corrected chi connectivity index (χ0v) is 10.1. The van der Waals surface area contributed by atoms with Gasteiger partial charge in [-0.05, 0) is 35.0 Å². The fourth-order valence-electron chi connectivity index (χ4n) is 1.58. The smallest absolute Gasteiger partial charge is 0.155 e. The summed E-state index contributed by atoms with van der Waals surface area (Å²) in [4.78, 5) is 0. The van der Waals surface area contributed by atoms with Crippen LogP contribution >= 0.6 is 11.6 Å². The third kappa shape index (κ3) is 3.01. The summed E-state index contributed by atoms with van der Waals surface area (Å²) in [5.74, 6) is 0.812. The predicted octanol–water partition coefficient (Wildman–Crippen LogP) is 1.27. The van der Waals surface area contributed by atoms with E-state index in [1.54, 1.807) is 4.68 Å². The van der Waals surface area contributed by atoms with Gasteiger partial charge in [0.2, 0.25) is 0 Å². The molecular weight excluding hydrogens is 238 g/mol. The molecular formula is C11H14ClN5. The normalized spacial score (nSPS) is 10.7. The minimum absolute atomic E-state index is 0.630. The quantitative estimate of drug-likeness (QED) is 0.869. The van der Waals surface area contributed by atoms with Gasteiger partial charge >= 0.3 is 0 Å². The molecule has 0 saturated carbocycles. The van der Waals surface area contributed by atoms with E-state index >= 15 is 0 Å². The molecule has 17 heavy (non-hydrogen) atoms. The van der Waals surface area contributed by atoms with Crippen LogP contribution in [0.15, 0.2) is 24.3 Å². The molecule has 0 atom stereocenters. The SMILES string of the molecule is NCCCn1nnnc1Cc1ccccc1Cl. The van der Waals surface area contributed by atoms with Crippen LogP contribution in [0.25, 0.3) is 0 Å². The molecule has 0 aliphatic rings. The molecule has 5 nitrogen and oxygen atoms in total. The summed E-state index contributed by atoms with van der Waals surface area (Å²) < 4.78 is 1.77. The van der Waals surface area contributed by atoms with Crippen LogP contribution in [-0.4, -0.2) is 26.8 Å².